The number of alkyl halides is 2. The molecule has 0 atom stereocenters. The molecule has 1 aromatic heterocycles. The van der Waals surface area contributed by atoms with Crippen LogP contribution in [0.3, 0.4) is 0 Å². The first-order valence-corrected chi connectivity index (χ1v) is 7.03. The van der Waals surface area contributed by atoms with E-state index in [0.29, 0.717) is 18.1 Å². The predicted molar refractivity (Wildman–Crippen MR) is 86.9 cm³/mol. The Bertz CT molecular complexity index is 679. The van der Waals surface area contributed by atoms with Gasteiger partial charge in [0.1, 0.15) is 12.5 Å². The van der Waals surface area contributed by atoms with Gasteiger partial charge in [-0.15, -0.1) is 0 Å². The van der Waals surface area contributed by atoms with Crippen LogP contribution in [0.2, 0.25) is 0 Å². The molecule has 0 saturated carbocycles. The van der Waals surface area contributed by atoms with Crippen molar-refractivity contribution < 1.29 is 18.3 Å². The number of halogens is 2. The fourth-order valence-electron chi connectivity index (χ4n) is 1.84. The molecule has 2 aromatic rings. The summed E-state index contributed by atoms with van der Waals surface area (Å²) in [5, 5.41) is 10.0. The summed E-state index contributed by atoms with van der Waals surface area (Å²) >= 11 is 5.16. The standard InChI is InChI=1S/C14H16F2N4O2S/c1-9-3-4-11(12(5-9)22-13(15)16)19-14(23)18-10-6-17-20(7-10)8-21-2/h3-7,13H,8H2,1-2H3,(H2,18,19,23). The average Bonchev–Trinajstić information content (AvgIpc) is 2.89. The topological polar surface area (TPSA) is 60.3 Å². The average molecular weight is 342 g/mol. The van der Waals surface area contributed by atoms with E-state index < -0.39 is 6.61 Å². The summed E-state index contributed by atoms with van der Waals surface area (Å²) in [5.74, 6) is 0.0271. The minimum absolute atomic E-state index is 0.0271. The lowest BCUT2D eigenvalue weighted by Crippen LogP contribution is -2.19. The minimum Gasteiger partial charge on any atom is -0.433 e. The van der Waals surface area contributed by atoms with E-state index in [2.05, 4.69) is 20.5 Å². The monoisotopic (exact) mass is 342 g/mol. The van der Waals surface area contributed by atoms with Crippen molar-refractivity contribution in [2.75, 3.05) is 17.7 Å². The van der Waals surface area contributed by atoms with Gasteiger partial charge in [-0.1, -0.05) is 6.07 Å². The van der Waals surface area contributed by atoms with Crippen molar-refractivity contribution >= 4 is 28.7 Å². The molecule has 0 aliphatic heterocycles. The van der Waals surface area contributed by atoms with Crippen LogP contribution in [0.1, 0.15) is 5.56 Å². The maximum absolute atomic E-state index is 12.5. The third kappa shape index (κ3) is 5.15. The summed E-state index contributed by atoms with van der Waals surface area (Å²) in [4.78, 5) is 0. The second-order valence-electron chi connectivity index (χ2n) is 4.64. The molecule has 6 nitrogen and oxygen atoms in total. The first-order valence-electron chi connectivity index (χ1n) is 6.63. The van der Waals surface area contributed by atoms with Crippen molar-refractivity contribution in [1.82, 2.24) is 9.78 Å². The lowest BCUT2D eigenvalue weighted by Gasteiger charge is -2.14. The third-order valence-electron chi connectivity index (χ3n) is 2.75. The first-order chi connectivity index (χ1) is 11.0. The van der Waals surface area contributed by atoms with Crippen LogP contribution in [-0.4, -0.2) is 28.6 Å². The number of aryl methyl sites for hydroxylation is 1. The van der Waals surface area contributed by atoms with E-state index in [1.165, 1.54) is 6.07 Å². The van der Waals surface area contributed by atoms with Gasteiger partial charge in [0.05, 0.1) is 23.8 Å². The number of hydrogen-bond donors (Lipinski definition) is 2. The highest BCUT2D eigenvalue weighted by Gasteiger charge is 2.11. The molecule has 0 aliphatic carbocycles. The van der Waals surface area contributed by atoms with Gasteiger partial charge in [0.25, 0.3) is 0 Å². The smallest absolute Gasteiger partial charge is 0.387 e. The van der Waals surface area contributed by atoms with Gasteiger partial charge in [0, 0.05) is 7.11 Å². The van der Waals surface area contributed by atoms with Crippen molar-refractivity contribution in [2.24, 2.45) is 0 Å². The number of methoxy groups -OCH3 is 1. The number of hydrogen-bond acceptors (Lipinski definition) is 4. The molecular weight excluding hydrogens is 326 g/mol. The Morgan fingerprint density at radius 2 is 2.17 bits per heavy atom. The van der Waals surface area contributed by atoms with E-state index in [0.717, 1.165) is 5.56 Å². The van der Waals surface area contributed by atoms with E-state index in [9.17, 15) is 8.78 Å². The molecule has 1 heterocycles. The molecule has 0 amide bonds. The van der Waals surface area contributed by atoms with Crippen molar-refractivity contribution in [3.8, 4) is 5.75 Å². The Hall–Kier alpha value is -2.26. The van der Waals surface area contributed by atoms with Gasteiger partial charge in [0.2, 0.25) is 0 Å². The molecule has 9 heteroatoms. The Kier molecular flexibility index (Phi) is 5.83. The number of aromatic nitrogens is 2. The van der Waals surface area contributed by atoms with E-state index >= 15 is 0 Å². The SMILES string of the molecule is COCn1cc(NC(=S)Nc2ccc(C)cc2OC(F)F)cn1. The van der Waals surface area contributed by atoms with Crippen LogP contribution in [0.15, 0.2) is 30.6 Å². The maximum Gasteiger partial charge on any atom is 0.387 e. The van der Waals surface area contributed by atoms with E-state index in [1.807, 2.05) is 0 Å². The van der Waals surface area contributed by atoms with Crippen LogP contribution in [0.5, 0.6) is 5.75 Å². The highest BCUT2D eigenvalue weighted by Crippen LogP contribution is 2.27. The molecule has 0 spiro atoms. The Balaban J connectivity index is 2.04. The summed E-state index contributed by atoms with van der Waals surface area (Å²) in [6.45, 7) is -0.819. The number of thiocarbonyl (C=S) groups is 1. The largest absolute Gasteiger partial charge is 0.433 e. The fraction of sp³-hybridized carbons (Fsp3) is 0.286. The summed E-state index contributed by atoms with van der Waals surface area (Å²) in [6, 6.07) is 4.89. The maximum atomic E-state index is 12.5. The van der Waals surface area contributed by atoms with Gasteiger partial charge in [-0.2, -0.15) is 13.9 Å². The van der Waals surface area contributed by atoms with Crippen molar-refractivity contribution in [1.29, 1.82) is 0 Å². The highest BCUT2D eigenvalue weighted by molar-refractivity contribution is 7.80. The second-order valence-corrected chi connectivity index (χ2v) is 5.05. The predicted octanol–water partition coefficient (Wildman–Crippen LogP) is 3.21. The Labute approximate surface area is 137 Å². The molecule has 0 radical (unpaired) electrons. The van der Waals surface area contributed by atoms with Crippen LogP contribution in [0.25, 0.3) is 0 Å². The Morgan fingerprint density at radius 3 is 2.87 bits per heavy atom. The zero-order chi connectivity index (χ0) is 16.8. The third-order valence-corrected chi connectivity index (χ3v) is 2.96. The zero-order valence-corrected chi connectivity index (χ0v) is 13.4. The number of ether oxygens (including phenoxy) is 2. The lowest BCUT2D eigenvalue weighted by molar-refractivity contribution is -0.0493. The fourth-order valence-corrected chi connectivity index (χ4v) is 2.07. The van der Waals surface area contributed by atoms with Crippen LogP contribution in [-0.2, 0) is 11.5 Å². The molecule has 0 bridgehead atoms. The van der Waals surface area contributed by atoms with E-state index in [1.54, 1.807) is 43.2 Å². The van der Waals surface area contributed by atoms with Gasteiger partial charge in [-0.25, -0.2) is 4.68 Å². The molecule has 0 saturated heterocycles. The molecule has 124 valence electrons. The summed E-state index contributed by atoms with van der Waals surface area (Å²) in [6.07, 6.45) is 3.27. The summed E-state index contributed by atoms with van der Waals surface area (Å²) in [7, 11) is 1.56. The van der Waals surface area contributed by atoms with Crippen LogP contribution in [0, 0.1) is 6.92 Å². The molecule has 23 heavy (non-hydrogen) atoms. The van der Waals surface area contributed by atoms with Crippen molar-refractivity contribution in [3.63, 3.8) is 0 Å². The number of nitrogens with zero attached hydrogens (tertiary/aromatic N) is 2. The van der Waals surface area contributed by atoms with Gasteiger partial charge in [-0.05, 0) is 36.8 Å². The molecule has 0 aliphatic rings. The van der Waals surface area contributed by atoms with Gasteiger partial charge in [0.15, 0.2) is 5.11 Å². The minimum atomic E-state index is -2.91. The lowest BCUT2D eigenvalue weighted by atomic mass is 10.2. The van der Waals surface area contributed by atoms with E-state index in [-0.39, 0.29) is 10.9 Å². The van der Waals surface area contributed by atoms with Crippen LogP contribution in [0.4, 0.5) is 20.2 Å². The molecule has 0 unspecified atom stereocenters. The quantitative estimate of drug-likeness (QED) is 0.786. The normalized spacial score (nSPS) is 10.7. The Morgan fingerprint density at radius 1 is 1.39 bits per heavy atom. The highest BCUT2D eigenvalue weighted by atomic mass is 32.1. The summed E-state index contributed by atoms with van der Waals surface area (Å²) < 4.78 is 36.0. The number of nitrogens with one attached hydrogen (secondary N) is 2. The van der Waals surface area contributed by atoms with Gasteiger partial charge < -0.3 is 20.1 Å². The number of rotatable bonds is 6. The van der Waals surface area contributed by atoms with Crippen LogP contribution < -0.4 is 15.4 Å². The van der Waals surface area contributed by atoms with Crippen LogP contribution >= 0.6 is 12.2 Å². The molecule has 2 N–H and O–H groups in total. The number of anilines is 2. The second kappa shape index (κ2) is 7.84. The molecule has 2 rings (SSSR count). The number of benzene rings is 1. The van der Waals surface area contributed by atoms with Crippen molar-refractivity contribution in [3.05, 3.63) is 36.2 Å². The van der Waals surface area contributed by atoms with Gasteiger partial charge >= 0.3 is 6.61 Å². The molecule has 1 aromatic carbocycles. The molecular formula is C14H16F2N4O2S. The molecule has 0 fully saturated rings. The van der Waals surface area contributed by atoms with Crippen molar-refractivity contribution in [2.45, 2.75) is 20.3 Å². The first kappa shape index (κ1) is 17.1. The summed E-state index contributed by atoms with van der Waals surface area (Å²) in [5.41, 5.74) is 1.78. The zero-order valence-electron chi connectivity index (χ0n) is 12.5. The van der Waals surface area contributed by atoms with E-state index in [4.69, 9.17) is 17.0 Å². The van der Waals surface area contributed by atoms with Gasteiger partial charge in [-0.3, -0.25) is 0 Å².